The van der Waals surface area contributed by atoms with E-state index in [1.54, 1.807) is 34.1 Å². The lowest BCUT2D eigenvalue weighted by Crippen LogP contribution is -2.51. The molecule has 4 aromatic rings. The second-order valence-electron chi connectivity index (χ2n) is 11.6. The normalized spacial score (nSPS) is 19.1. The van der Waals surface area contributed by atoms with Crippen LogP contribution in [0.15, 0.2) is 60.7 Å². The first-order chi connectivity index (χ1) is 19.2. The number of ether oxygens (including phenoxy) is 1. The first-order valence-electron chi connectivity index (χ1n) is 13.7. The molecule has 0 radical (unpaired) electrons. The first-order valence-corrected chi connectivity index (χ1v) is 13.7. The van der Waals surface area contributed by atoms with Crippen LogP contribution in [0.25, 0.3) is 22.3 Å². The van der Waals surface area contributed by atoms with Gasteiger partial charge in [0.15, 0.2) is 5.65 Å². The maximum absolute atomic E-state index is 14.1. The fraction of sp³-hybridized carbons (Fsp3) is 0.355. The van der Waals surface area contributed by atoms with Gasteiger partial charge in [0.25, 0.3) is 5.91 Å². The number of H-pyrrole nitrogens is 1. The number of piperazine rings is 1. The van der Waals surface area contributed by atoms with Crippen LogP contribution < -0.4 is 0 Å². The van der Waals surface area contributed by atoms with Crippen LogP contribution in [0.5, 0.6) is 5.75 Å². The van der Waals surface area contributed by atoms with E-state index in [0.29, 0.717) is 49.0 Å². The first kappa shape index (κ1) is 25.9. The molecule has 3 heterocycles. The van der Waals surface area contributed by atoms with Gasteiger partial charge in [0.1, 0.15) is 11.4 Å². The summed E-state index contributed by atoms with van der Waals surface area (Å²) in [6.07, 6.45) is 0.613. The van der Waals surface area contributed by atoms with E-state index in [2.05, 4.69) is 22.3 Å². The highest BCUT2D eigenvalue weighted by Gasteiger charge is 2.43. The Morgan fingerprint density at radius 2 is 1.62 bits per heavy atom. The molecule has 2 aliphatic rings. The van der Waals surface area contributed by atoms with E-state index >= 15 is 0 Å². The van der Waals surface area contributed by atoms with Gasteiger partial charge in [0.05, 0.1) is 16.6 Å². The highest BCUT2D eigenvalue weighted by Crippen LogP contribution is 2.55. The highest BCUT2D eigenvalue weighted by atomic mass is 16.6. The Morgan fingerprint density at radius 3 is 2.30 bits per heavy atom. The molecule has 2 aromatic carbocycles. The van der Waals surface area contributed by atoms with Crippen LogP contribution in [-0.4, -0.2) is 73.9 Å². The third-order valence-corrected chi connectivity index (χ3v) is 7.55. The number of amides is 2. The summed E-state index contributed by atoms with van der Waals surface area (Å²) in [6.45, 7) is 7.13. The number of carbonyl (C=O) groups excluding carboxylic acids is 2. The summed E-state index contributed by atoms with van der Waals surface area (Å²) >= 11 is 0. The Bertz CT molecular complexity index is 1550. The maximum atomic E-state index is 14.1. The predicted octanol–water partition coefficient (Wildman–Crippen LogP) is 5.29. The predicted molar refractivity (Wildman–Crippen MR) is 151 cm³/mol. The molecule has 9 heteroatoms. The lowest BCUT2D eigenvalue weighted by molar-refractivity contribution is 0.0141. The number of carbonyl (C=O) groups is 2. The van der Waals surface area contributed by atoms with Gasteiger partial charge < -0.3 is 19.6 Å². The number of aromatic amines is 1. The van der Waals surface area contributed by atoms with Crippen molar-refractivity contribution in [2.24, 2.45) is 0 Å². The molecule has 40 heavy (non-hydrogen) atoms. The molecule has 9 nitrogen and oxygen atoms in total. The fourth-order valence-electron chi connectivity index (χ4n) is 5.44. The van der Waals surface area contributed by atoms with Crippen LogP contribution in [0.3, 0.4) is 0 Å². The molecule has 1 aliphatic carbocycles. The van der Waals surface area contributed by atoms with Crippen LogP contribution >= 0.6 is 0 Å². The van der Waals surface area contributed by atoms with Gasteiger partial charge in [-0.25, -0.2) is 9.78 Å². The number of hydrogen-bond donors (Lipinski definition) is 2. The minimum atomic E-state index is -0.574. The lowest BCUT2D eigenvalue weighted by Gasteiger charge is -2.35. The van der Waals surface area contributed by atoms with Crippen LogP contribution in [0, 0.1) is 0 Å². The van der Waals surface area contributed by atoms with Gasteiger partial charge in [-0.05, 0) is 69.0 Å². The van der Waals surface area contributed by atoms with Crippen molar-refractivity contribution in [1.82, 2.24) is 25.0 Å². The van der Waals surface area contributed by atoms with Gasteiger partial charge in [-0.15, -0.1) is 0 Å². The van der Waals surface area contributed by atoms with Crippen molar-refractivity contribution in [2.45, 2.75) is 44.6 Å². The number of hydrogen-bond acceptors (Lipinski definition) is 6. The molecular weight excluding hydrogens is 506 g/mol. The molecule has 2 atom stereocenters. The second kappa shape index (κ2) is 9.97. The molecule has 1 aliphatic heterocycles. The molecule has 206 valence electrons. The molecule has 1 saturated carbocycles. The average Bonchev–Trinajstić information content (AvgIpc) is 3.63. The second-order valence-corrected chi connectivity index (χ2v) is 11.6. The zero-order chi connectivity index (χ0) is 28.0. The van der Waals surface area contributed by atoms with Gasteiger partial charge in [-0.3, -0.25) is 9.89 Å². The Labute approximate surface area is 232 Å². The van der Waals surface area contributed by atoms with Crippen LogP contribution in [-0.2, 0) is 4.74 Å². The van der Waals surface area contributed by atoms with Gasteiger partial charge in [0, 0.05) is 43.4 Å². The summed E-state index contributed by atoms with van der Waals surface area (Å²) in [5, 5.41) is 18.3. The van der Waals surface area contributed by atoms with E-state index < -0.39 is 5.60 Å². The smallest absolute Gasteiger partial charge is 0.410 e. The van der Waals surface area contributed by atoms with Gasteiger partial charge in [-0.1, -0.05) is 30.3 Å². The molecule has 0 spiro atoms. The van der Waals surface area contributed by atoms with Crippen molar-refractivity contribution in [3.63, 3.8) is 0 Å². The van der Waals surface area contributed by atoms with Crippen LogP contribution in [0.1, 0.15) is 60.6 Å². The van der Waals surface area contributed by atoms with E-state index in [0.717, 1.165) is 23.1 Å². The number of phenols is 1. The number of benzene rings is 2. The lowest BCUT2D eigenvalue weighted by atomic mass is 10.0. The Balaban J connectivity index is 1.32. The molecular formula is C31H33N5O4. The van der Waals surface area contributed by atoms with Gasteiger partial charge >= 0.3 is 6.09 Å². The van der Waals surface area contributed by atoms with Crippen molar-refractivity contribution < 1.29 is 19.4 Å². The number of fused-ring (bicyclic) bond motifs is 1. The zero-order valence-electron chi connectivity index (χ0n) is 22.9. The standard InChI is InChI=1S/C31H33N5O4/c1-31(2,3)40-30(39)36-15-13-35(14-16-36)29(38)24-18-25(20-9-11-21(37)12-10-20)32-28-26(24)27(33-34-28)23-17-22(23)19-7-5-4-6-8-19/h4-12,18,22-23,37H,13-17H2,1-3H3,(H,32,33,34)/t22-,23?/m1/s1. The van der Waals surface area contributed by atoms with Crippen molar-refractivity contribution in [3.05, 3.63) is 77.5 Å². The van der Waals surface area contributed by atoms with Gasteiger partial charge in [-0.2, -0.15) is 5.10 Å². The van der Waals surface area contributed by atoms with E-state index in [1.807, 2.05) is 45.0 Å². The van der Waals surface area contributed by atoms with E-state index in [4.69, 9.17) is 9.72 Å². The van der Waals surface area contributed by atoms with Crippen LogP contribution in [0.2, 0.25) is 0 Å². The van der Waals surface area contributed by atoms with E-state index in [-0.39, 0.29) is 23.7 Å². The minimum Gasteiger partial charge on any atom is -0.508 e. The van der Waals surface area contributed by atoms with Crippen LogP contribution in [0.4, 0.5) is 4.79 Å². The summed E-state index contributed by atoms with van der Waals surface area (Å²) < 4.78 is 5.52. The third-order valence-electron chi connectivity index (χ3n) is 7.55. The Hall–Kier alpha value is -4.40. The van der Waals surface area contributed by atoms with E-state index in [1.165, 1.54) is 5.56 Å². The maximum Gasteiger partial charge on any atom is 0.410 e. The minimum absolute atomic E-state index is 0.115. The largest absolute Gasteiger partial charge is 0.508 e. The fourth-order valence-corrected chi connectivity index (χ4v) is 5.44. The number of nitrogens with one attached hydrogen (secondary N) is 1. The molecule has 6 rings (SSSR count). The number of aromatic nitrogens is 3. The summed E-state index contributed by atoms with van der Waals surface area (Å²) in [7, 11) is 0. The molecule has 2 aromatic heterocycles. The number of nitrogens with zero attached hydrogens (tertiary/aromatic N) is 4. The van der Waals surface area contributed by atoms with Crippen molar-refractivity contribution in [3.8, 4) is 17.0 Å². The quantitative estimate of drug-likeness (QED) is 0.364. The number of rotatable bonds is 4. The summed E-state index contributed by atoms with van der Waals surface area (Å²) in [5.74, 6) is 0.633. The Morgan fingerprint density at radius 1 is 0.950 bits per heavy atom. The molecule has 2 N–H and O–H groups in total. The van der Waals surface area contributed by atoms with Crippen molar-refractivity contribution in [2.75, 3.05) is 26.2 Å². The average molecular weight is 540 g/mol. The topological polar surface area (TPSA) is 112 Å². The number of pyridine rings is 1. The van der Waals surface area contributed by atoms with Crippen molar-refractivity contribution in [1.29, 1.82) is 0 Å². The summed E-state index contributed by atoms with van der Waals surface area (Å²) in [4.78, 5) is 34.9. The zero-order valence-corrected chi connectivity index (χ0v) is 22.9. The number of aromatic hydroxyl groups is 1. The molecule has 0 bridgehead atoms. The number of phenolic OH excluding ortho intramolecular Hbond substituents is 1. The summed E-state index contributed by atoms with van der Waals surface area (Å²) in [6, 6.07) is 19.0. The van der Waals surface area contributed by atoms with Crippen molar-refractivity contribution >= 4 is 23.0 Å². The highest BCUT2D eigenvalue weighted by molar-refractivity contribution is 6.07. The third kappa shape index (κ3) is 5.11. The molecule has 1 saturated heterocycles. The summed E-state index contributed by atoms with van der Waals surface area (Å²) in [5.41, 5.74) is 4.06. The van der Waals surface area contributed by atoms with Gasteiger partial charge in [0.2, 0.25) is 0 Å². The molecule has 2 amide bonds. The molecule has 1 unspecified atom stereocenters. The SMILES string of the molecule is CC(C)(C)OC(=O)N1CCN(C(=O)c2cc(-c3ccc(O)cc3)nc3n[nH]c(C4C[C@@H]4c4ccccc4)c23)CC1. The van der Waals surface area contributed by atoms with E-state index in [9.17, 15) is 14.7 Å². The monoisotopic (exact) mass is 539 g/mol. The Kier molecular flexibility index (Phi) is 6.44. The molecule has 2 fully saturated rings.